The molecule has 1 aromatic heterocycles. The summed E-state index contributed by atoms with van der Waals surface area (Å²) in [6, 6.07) is 9.29. The predicted molar refractivity (Wildman–Crippen MR) is 108 cm³/mol. The molecule has 0 saturated carbocycles. The molecule has 0 aliphatic carbocycles. The third-order valence-electron chi connectivity index (χ3n) is 3.62. The summed E-state index contributed by atoms with van der Waals surface area (Å²) < 4.78 is 14.4. The normalized spacial score (nSPS) is 10.2. The van der Waals surface area contributed by atoms with E-state index in [1.54, 1.807) is 6.92 Å². The second kappa shape index (κ2) is 10.6. The number of esters is 3. The van der Waals surface area contributed by atoms with Crippen molar-refractivity contribution in [1.29, 1.82) is 0 Å². The molecule has 0 aliphatic rings. The molecule has 0 atom stereocenters. The van der Waals surface area contributed by atoms with E-state index >= 15 is 0 Å². The molecular formula is C19H19NO7S2. The highest BCUT2D eigenvalue weighted by Gasteiger charge is 2.26. The van der Waals surface area contributed by atoms with Gasteiger partial charge in [0.05, 0.1) is 25.5 Å². The minimum absolute atomic E-state index is 0.0509. The molecule has 29 heavy (non-hydrogen) atoms. The van der Waals surface area contributed by atoms with Crippen LogP contribution in [0, 0.1) is 6.92 Å². The number of amides is 1. The fourth-order valence-corrected chi connectivity index (χ4v) is 4.09. The van der Waals surface area contributed by atoms with E-state index in [1.807, 2.05) is 30.3 Å². The zero-order chi connectivity index (χ0) is 21.4. The van der Waals surface area contributed by atoms with Gasteiger partial charge in [-0.1, -0.05) is 18.2 Å². The molecule has 2 rings (SSSR count). The van der Waals surface area contributed by atoms with E-state index in [1.165, 1.54) is 26.0 Å². The van der Waals surface area contributed by atoms with Crippen molar-refractivity contribution in [2.75, 3.05) is 31.9 Å². The van der Waals surface area contributed by atoms with Gasteiger partial charge in [-0.15, -0.1) is 23.1 Å². The summed E-state index contributed by atoms with van der Waals surface area (Å²) in [5.74, 6) is -2.50. The Labute approximate surface area is 175 Å². The van der Waals surface area contributed by atoms with Crippen molar-refractivity contribution < 1.29 is 33.4 Å². The maximum absolute atomic E-state index is 12.2. The lowest BCUT2D eigenvalue weighted by Crippen LogP contribution is -2.22. The van der Waals surface area contributed by atoms with Crippen LogP contribution in [0.2, 0.25) is 0 Å². The highest BCUT2D eigenvalue weighted by molar-refractivity contribution is 8.00. The van der Waals surface area contributed by atoms with Gasteiger partial charge >= 0.3 is 17.9 Å². The minimum atomic E-state index is -0.708. The van der Waals surface area contributed by atoms with Crippen LogP contribution in [0.3, 0.4) is 0 Å². The fourth-order valence-electron chi connectivity index (χ4n) is 2.25. The lowest BCUT2D eigenvalue weighted by atomic mass is 10.1. The van der Waals surface area contributed by atoms with Crippen molar-refractivity contribution in [3.63, 3.8) is 0 Å². The lowest BCUT2D eigenvalue weighted by Gasteiger charge is -2.07. The van der Waals surface area contributed by atoms with E-state index < -0.39 is 30.4 Å². The quantitative estimate of drug-likeness (QED) is 0.382. The Kier molecular flexibility index (Phi) is 8.22. The Balaban J connectivity index is 1.98. The second-order valence-electron chi connectivity index (χ2n) is 5.55. The van der Waals surface area contributed by atoms with E-state index in [0.717, 1.165) is 16.2 Å². The van der Waals surface area contributed by atoms with Crippen LogP contribution in [0.25, 0.3) is 0 Å². The van der Waals surface area contributed by atoms with Crippen LogP contribution in [0.4, 0.5) is 5.00 Å². The van der Waals surface area contributed by atoms with Gasteiger partial charge in [-0.3, -0.25) is 9.59 Å². The summed E-state index contributed by atoms with van der Waals surface area (Å²) in [7, 11) is 2.40. The highest BCUT2D eigenvalue weighted by Crippen LogP contribution is 2.34. The summed E-state index contributed by atoms with van der Waals surface area (Å²) in [4.78, 5) is 48.9. The number of hydrogen-bond acceptors (Lipinski definition) is 9. The monoisotopic (exact) mass is 437 g/mol. The van der Waals surface area contributed by atoms with E-state index in [9.17, 15) is 19.2 Å². The van der Waals surface area contributed by atoms with Crippen LogP contribution in [0.5, 0.6) is 0 Å². The number of carbonyl (C=O) groups excluding carboxylic acids is 4. The number of thioether (sulfide) groups is 1. The van der Waals surface area contributed by atoms with Crippen molar-refractivity contribution >= 4 is 51.9 Å². The van der Waals surface area contributed by atoms with Crippen molar-refractivity contribution in [1.82, 2.24) is 0 Å². The summed E-state index contributed by atoms with van der Waals surface area (Å²) in [6.45, 7) is 1.02. The molecule has 1 aromatic carbocycles. The number of anilines is 1. The third kappa shape index (κ3) is 6.06. The number of methoxy groups -OCH3 is 2. The standard InChI is InChI=1S/C19H19NO7S2/c1-11-15(18(23)25-2)17(29-16(11)19(24)26-3)20-13(21)9-27-14(22)10-28-12-7-5-4-6-8-12/h4-8H,9-10H2,1-3H3,(H,20,21). The molecule has 0 fully saturated rings. The Morgan fingerprint density at radius 3 is 2.31 bits per heavy atom. The number of thiophene rings is 1. The Bertz CT molecular complexity index is 909. The largest absolute Gasteiger partial charge is 0.465 e. The van der Waals surface area contributed by atoms with E-state index in [2.05, 4.69) is 10.1 Å². The first-order valence-corrected chi connectivity index (χ1v) is 10.1. The summed E-state index contributed by atoms with van der Waals surface area (Å²) in [5, 5.41) is 2.60. The van der Waals surface area contributed by atoms with Crippen molar-refractivity contribution in [2.24, 2.45) is 0 Å². The summed E-state index contributed by atoms with van der Waals surface area (Å²) in [6.07, 6.45) is 0. The minimum Gasteiger partial charge on any atom is -0.465 e. The average Bonchev–Trinajstić information content (AvgIpc) is 3.06. The number of hydrogen-bond donors (Lipinski definition) is 1. The Morgan fingerprint density at radius 1 is 1.03 bits per heavy atom. The molecule has 0 saturated heterocycles. The van der Waals surface area contributed by atoms with Crippen LogP contribution < -0.4 is 5.32 Å². The van der Waals surface area contributed by atoms with Gasteiger partial charge in [-0.05, 0) is 24.6 Å². The molecule has 0 radical (unpaired) electrons. The Morgan fingerprint density at radius 2 is 1.69 bits per heavy atom. The highest BCUT2D eigenvalue weighted by atomic mass is 32.2. The fraction of sp³-hybridized carbons (Fsp3) is 0.263. The Hall–Kier alpha value is -2.85. The SMILES string of the molecule is COC(=O)c1sc(NC(=O)COC(=O)CSc2ccccc2)c(C(=O)OC)c1C. The molecule has 1 amide bonds. The molecule has 0 aliphatic heterocycles. The first kappa shape index (κ1) is 22.4. The molecule has 0 bridgehead atoms. The van der Waals surface area contributed by atoms with Crippen molar-refractivity contribution in [2.45, 2.75) is 11.8 Å². The lowest BCUT2D eigenvalue weighted by molar-refractivity contribution is -0.144. The number of rotatable bonds is 8. The van der Waals surface area contributed by atoms with Crippen molar-refractivity contribution in [3.8, 4) is 0 Å². The van der Waals surface area contributed by atoms with Crippen LogP contribution in [0.1, 0.15) is 25.6 Å². The van der Waals surface area contributed by atoms with Gasteiger partial charge < -0.3 is 19.5 Å². The zero-order valence-electron chi connectivity index (χ0n) is 16.0. The molecule has 0 spiro atoms. The van der Waals surface area contributed by atoms with Crippen molar-refractivity contribution in [3.05, 3.63) is 46.3 Å². The predicted octanol–water partition coefficient (Wildman–Crippen LogP) is 2.90. The van der Waals surface area contributed by atoms with E-state index in [0.29, 0.717) is 5.56 Å². The third-order valence-corrected chi connectivity index (χ3v) is 5.80. The number of ether oxygens (including phenoxy) is 3. The van der Waals surface area contributed by atoms with Gasteiger partial charge in [0.2, 0.25) is 0 Å². The molecule has 2 aromatic rings. The molecule has 10 heteroatoms. The van der Waals surface area contributed by atoms with Crippen LogP contribution >= 0.6 is 23.1 Å². The first-order valence-electron chi connectivity index (χ1n) is 8.30. The topological polar surface area (TPSA) is 108 Å². The molecule has 154 valence electrons. The number of carbonyl (C=O) groups is 4. The van der Waals surface area contributed by atoms with Gasteiger partial charge in [0.25, 0.3) is 5.91 Å². The summed E-state index contributed by atoms with van der Waals surface area (Å²) in [5.41, 5.74) is 0.387. The van der Waals surface area contributed by atoms with Gasteiger partial charge in [-0.25, -0.2) is 9.59 Å². The van der Waals surface area contributed by atoms with Crippen LogP contribution in [-0.2, 0) is 23.8 Å². The number of benzene rings is 1. The average molecular weight is 437 g/mol. The molecule has 8 nitrogen and oxygen atoms in total. The summed E-state index contributed by atoms with van der Waals surface area (Å²) >= 11 is 2.17. The van der Waals surface area contributed by atoms with Crippen LogP contribution in [0.15, 0.2) is 35.2 Å². The zero-order valence-corrected chi connectivity index (χ0v) is 17.6. The van der Waals surface area contributed by atoms with Gasteiger partial charge in [-0.2, -0.15) is 0 Å². The van der Waals surface area contributed by atoms with Gasteiger partial charge in [0.15, 0.2) is 6.61 Å². The molecule has 1 N–H and O–H groups in total. The molecule has 1 heterocycles. The second-order valence-corrected chi connectivity index (χ2v) is 7.62. The van der Waals surface area contributed by atoms with E-state index in [4.69, 9.17) is 9.47 Å². The van der Waals surface area contributed by atoms with Gasteiger partial charge in [0.1, 0.15) is 9.88 Å². The molecular weight excluding hydrogens is 418 g/mol. The van der Waals surface area contributed by atoms with E-state index in [-0.39, 0.29) is 21.2 Å². The van der Waals surface area contributed by atoms with Gasteiger partial charge in [0, 0.05) is 4.90 Å². The maximum atomic E-state index is 12.2. The maximum Gasteiger partial charge on any atom is 0.348 e. The molecule has 0 unspecified atom stereocenters. The number of nitrogens with one attached hydrogen (secondary N) is 1. The smallest absolute Gasteiger partial charge is 0.348 e. The van der Waals surface area contributed by atoms with Crippen LogP contribution in [-0.4, -0.2) is 50.4 Å². The first-order chi connectivity index (χ1) is 13.9.